The van der Waals surface area contributed by atoms with Gasteiger partial charge >= 0.3 is 5.97 Å². The smallest absolute Gasteiger partial charge is 0.341 e. The molecule has 0 saturated carbocycles. The number of aromatic nitrogens is 3. The van der Waals surface area contributed by atoms with Gasteiger partial charge in [0, 0.05) is 13.6 Å². The molecule has 2 aromatic rings. The van der Waals surface area contributed by atoms with Crippen LogP contribution >= 0.6 is 0 Å². The van der Waals surface area contributed by atoms with Crippen LogP contribution < -0.4 is 10.6 Å². The lowest BCUT2D eigenvalue weighted by Gasteiger charge is -2.09. The zero-order valence-corrected chi connectivity index (χ0v) is 14.3. The number of rotatable bonds is 6. The minimum Gasteiger partial charge on any atom is -0.465 e. The molecule has 9 nitrogen and oxygen atoms in total. The topological polar surface area (TPSA) is 107 Å². The van der Waals surface area contributed by atoms with Crippen molar-refractivity contribution < 1.29 is 13.9 Å². The first-order valence-electron chi connectivity index (χ1n) is 7.57. The largest absolute Gasteiger partial charge is 0.465 e. The molecule has 0 fully saturated rings. The van der Waals surface area contributed by atoms with E-state index in [1.807, 2.05) is 14.0 Å². The van der Waals surface area contributed by atoms with Crippen LogP contribution in [0, 0.1) is 6.92 Å². The molecule has 0 aliphatic heterocycles. The van der Waals surface area contributed by atoms with Crippen LogP contribution in [0.4, 0.5) is 0 Å². The molecule has 2 heterocycles. The Hall–Kier alpha value is -2.84. The predicted octanol–water partition coefficient (Wildman–Crippen LogP) is 0.758. The highest BCUT2D eigenvalue weighted by Gasteiger charge is 2.15. The van der Waals surface area contributed by atoms with Crippen molar-refractivity contribution in [2.24, 2.45) is 12.0 Å². The lowest BCUT2D eigenvalue weighted by Crippen LogP contribution is -2.36. The van der Waals surface area contributed by atoms with Gasteiger partial charge in [-0.25, -0.2) is 14.8 Å². The number of carbonyl (C=O) groups is 1. The first kappa shape index (κ1) is 17.5. The number of hydrogen-bond acceptors (Lipinski definition) is 6. The Morgan fingerprint density at radius 1 is 1.46 bits per heavy atom. The fourth-order valence-electron chi connectivity index (χ4n) is 2.07. The Kier molecular flexibility index (Phi) is 5.94. The molecule has 0 atom stereocenters. The third kappa shape index (κ3) is 4.34. The highest BCUT2D eigenvalue weighted by molar-refractivity contribution is 5.90. The van der Waals surface area contributed by atoms with E-state index in [1.54, 1.807) is 17.7 Å². The maximum absolute atomic E-state index is 11.6. The number of aryl methyl sites for hydroxylation is 2. The van der Waals surface area contributed by atoms with Crippen molar-refractivity contribution in [2.45, 2.75) is 26.9 Å². The van der Waals surface area contributed by atoms with Gasteiger partial charge in [-0.05, 0) is 19.9 Å². The highest BCUT2D eigenvalue weighted by Crippen LogP contribution is 2.15. The second-order valence-electron chi connectivity index (χ2n) is 5.02. The van der Waals surface area contributed by atoms with Crippen molar-refractivity contribution >= 4 is 11.9 Å². The molecule has 130 valence electrons. The Morgan fingerprint density at radius 3 is 2.88 bits per heavy atom. The SMILES string of the molecule is CCNC(=NCc1ncnn1C)NCc1cc(C(=O)OC)c(C)o1. The van der Waals surface area contributed by atoms with Crippen LogP contribution in [0.2, 0.25) is 0 Å². The third-order valence-corrected chi connectivity index (χ3v) is 3.33. The van der Waals surface area contributed by atoms with Gasteiger partial charge in [0.2, 0.25) is 0 Å². The van der Waals surface area contributed by atoms with E-state index in [0.29, 0.717) is 36.1 Å². The lowest BCUT2D eigenvalue weighted by molar-refractivity contribution is 0.0599. The average molecular weight is 334 g/mol. The molecule has 0 aliphatic rings. The van der Waals surface area contributed by atoms with E-state index < -0.39 is 5.97 Å². The molecule has 0 aliphatic carbocycles. The van der Waals surface area contributed by atoms with E-state index in [2.05, 4.69) is 25.7 Å². The van der Waals surface area contributed by atoms with Crippen LogP contribution in [0.3, 0.4) is 0 Å². The number of carbonyl (C=O) groups excluding carboxylic acids is 1. The Labute approximate surface area is 140 Å². The third-order valence-electron chi connectivity index (χ3n) is 3.33. The molecule has 0 radical (unpaired) electrons. The highest BCUT2D eigenvalue weighted by atomic mass is 16.5. The number of nitrogens with one attached hydrogen (secondary N) is 2. The standard InChI is InChI=1S/C15H22N6O3/c1-5-16-15(18-8-13-19-9-20-21(13)3)17-7-11-6-12(10(2)24-11)14(22)23-4/h6,9H,5,7-8H2,1-4H3,(H2,16,17,18). The first-order valence-corrected chi connectivity index (χ1v) is 7.57. The maximum Gasteiger partial charge on any atom is 0.341 e. The Bertz CT molecular complexity index is 719. The van der Waals surface area contributed by atoms with E-state index in [1.165, 1.54) is 13.4 Å². The van der Waals surface area contributed by atoms with E-state index in [4.69, 9.17) is 9.15 Å². The fraction of sp³-hybridized carbons (Fsp3) is 0.467. The summed E-state index contributed by atoms with van der Waals surface area (Å²) < 4.78 is 12.0. The molecule has 2 N–H and O–H groups in total. The Morgan fingerprint density at radius 2 is 2.25 bits per heavy atom. The summed E-state index contributed by atoms with van der Waals surface area (Å²) in [5.74, 6) is 2.12. The van der Waals surface area contributed by atoms with Crippen molar-refractivity contribution in [1.82, 2.24) is 25.4 Å². The van der Waals surface area contributed by atoms with Gasteiger partial charge in [0.25, 0.3) is 0 Å². The van der Waals surface area contributed by atoms with Crippen molar-refractivity contribution in [3.8, 4) is 0 Å². The van der Waals surface area contributed by atoms with E-state index in [0.717, 1.165) is 12.4 Å². The van der Waals surface area contributed by atoms with Crippen molar-refractivity contribution in [1.29, 1.82) is 0 Å². The molecule has 2 aromatic heterocycles. The summed E-state index contributed by atoms with van der Waals surface area (Å²) in [6.45, 7) is 5.21. The quantitative estimate of drug-likeness (QED) is 0.456. The number of methoxy groups -OCH3 is 1. The number of nitrogens with zero attached hydrogens (tertiary/aromatic N) is 4. The van der Waals surface area contributed by atoms with Gasteiger partial charge in [-0.15, -0.1) is 0 Å². The number of esters is 1. The van der Waals surface area contributed by atoms with Crippen LogP contribution in [0.25, 0.3) is 0 Å². The molecule has 0 saturated heterocycles. The average Bonchev–Trinajstić information content (AvgIpc) is 3.15. The van der Waals surface area contributed by atoms with E-state index in [9.17, 15) is 4.79 Å². The number of hydrogen-bond donors (Lipinski definition) is 2. The first-order chi connectivity index (χ1) is 11.5. The zero-order valence-electron chi connectivity index (χ0n) is 14.3. The van der Waals surface area contributed by atoms with Crippen LogP contribution in [-0.2, 0) is 24.9 Å². The number of furan rings is 1. The molecular weight excluding hydrogens is 312 g/mol. The lowest BCUT2D eigenvalue weighted by atomic mass is 10.2. The molecule has 0 amide bonds. The van der Waals surface area contributed by atoms with E-state index in [-0.39, 0.29) is 0 Å². The zero-order chi connectivity index (χ0) is 17.5. The second-order valence-corrected chi connectivity index (χ2v) is 5.02. The van der Waals surface area contributed by atoms with Crippen molar-refractivity contribution in [3.63, 3.8) is 0 Å². The number of aliphatic imine (C=N–C) groups is 1. The van der Waals surface area contributed by atoms with E-state index >= 15 is 0 Å². The van der Waals surface area contributed by atoms with Gasteiger partial charge in [-0.1, -0.05) is 0 Å². The minimum atomic E-state index is -0.412. The van der Waals surface area contributed by atoms with Crippen LogP contribution in [0.1, 0.15) is 34.6 Å². The van der Waals surface area contributed by atoms with Gasteiger partial charge in [-0.3, -0.25) is 4.68 Å². The molecule has 9 heteroatoms. The molecular formula is C15H22N6O3. The van der Waals surface area contributed by atoms with Gasteiger partial charge in [0.05, 0.1) is 13.7 Å². The summed E-state index contributed by atoms with van der Waals surface area (Å²) in [5, 5.41) is 10.3. The van der Waals surface area contributed by atoms with Crippen molar-refractivity contribution in [3.05, 3.63) is 35.3 Å². The summed E-state index contributed by atoms with van der Waals surface area (Å²) in [6, 6.07) is 1.67. The monoisotopic (exact) mass is 334 g/mol. The number of guanidine groups is 1. The summed E-state index contributed by atoms with van der Waals surface area (Å²) >= 11 is 0. The minimum absolute atomic E-state index is 0.391. The Balaban J connectivity index is 2.01. The molecule has 0 aromatic carbocycles. The van der Waals surface area contributed by atoms with Gasteiger partial charge in [0.1, 0.15) is 35.8 Å². The molecule has 0 bridgehead atoms. The normalized spacial score (nSPS) is 11.4. The summed E-state index contributed by atoms with van der Waals surface area (Å²) in [4.78, 5) is 20.2. The van der Waals surface area contributed by atoms with Crippen molar-refractivity contribution in [2.75, 3.05) is 13.7 Å². The van der Waals surface area contributed by atoms with Crippen LogP contribution in [-0.4, -0.2) is 40.3 Å². The number of ether oxygens (including phenoxy) is 1. The summed E-state index contributed by atoms with van der Waals surface area (Å²) in [5.41, 5.74) is 0.426. The molecule has 0 spiro atoms. The maximum atomic E-state index is 11.6. The summed E-state index contributed by atoms with van der Waals surface area (Å²) in [6.07, 6.45) is 1.49. The van der Waals surface area contributed by atoms with Crippen LogP contribution in [0.5, 0.6) is 0 Å². The molecule has 24 heavy (non-hydrogen) atoms. The molecule has 2 rings (SSSR count). The van der Waals surface area contributed by atoms with Gasteiger partial charge in [-0.2, -0.15) is 5.10 Å². The predicted molar refractivity (Wildman–Crippen MR) is 87.4 cm³/mol. The summed E-state index contributed by atoms with van der Waals surface area (Å²) in [7, 11) is 3.16. The molecule has 0 unspecified atom stereocenters. The second kappa shape index (κ2) is 8.14. The van der Waals surface area contributed by atoms with Crippen LogP contribution in [0.15, 0.2) is 21.8 Å². The van der Waals surface area contributed by atoms with Gasteiger partial charge in [0.15, 0.2) is 5.96 Å². The van der Waals surface area contributed by atoms with Gasteiger partial charge < -0.3 is 19.8 Å². The fourth-order valence-corrected chi connectivity index (χ4v) is 2.07.